The van der Waals surface area contributed by atoms with Crippen LogP contribution in [0, 0.1) is 17.0 Å². The second-order valence-corrected chi connectivity index (χ2v) is 3.99. The number of nitrogens with zero attached hydrogens (tertiary/aromatic N) is 2. The number of nitrogens with one attached hydrogen (secondary N) is 2. The van der Waals surface area contributed by atoms with Gasteiger partial charge in [0.15, 0.2) is 0 Å². The first-order chi connectivity index (χ1) is 8.66. The van der Waals surface area contributed by atoms with Crippen LogP contribution >= 0.6 is 0 Å². The van der Waals surface area contributed by atoms with Crippen LogP contribution in [0.25, 0.3) is 0 Å². The molecule has 0 amide bonds. The molecule has 0 unspecified atom stereocenters. The van der Waals surface area contributed by atoms with Gasteiger partial charge in [-0.1, -0.05) is 0 Å². The quantitative estimate of drug-likeness (QED) is 0.626. The van der Waals surface area contributed by atoms with E-state index < -0.39 is 4.92 Å². The van der Waals surface area contributed by atoms with E-state index in [2.05, 4.69) is 15.3 Å². The van der Waals surface area contributed by atoms with Crippen molar-refractivity contribution in [1.29, 1.82) is 0 Å². The summed E-state index contributed by atoms with van der Waals surface area (Å²) >= 11 is 0. The van der Waals surface area contributed by atoms with Crippen molar-refractivity contribution in [1.82, 2.24) is 9.97 Å². The van der Waals surface area contributed by atoms with E-state index in [1.54, 1.807) is 6.92 Å². The number of H-pyrrole nitrogens is 1. The number of pyridine rings is 1. The van der Waals surface area contributed by atoms with Crippen LogP contribution in [-0.4, -0.2) is 21.4 Å². The Bertz CT molecular complexity index is 537. The van der Waals surface area contributed by atoms with Crippen LogP contribution < -0.4 is 5.32 Å². The van der Waals surface area contributed by atoms with Crippen LogP contribution in [0.4, 0.5) is 11.5 Å². The molecule has 0 fully saturated rings. The topological polar surface area (TPSA) is 83.8 Å². The molecule has 6 nitrogen and oxygen atoms in total. The minimum atomic E-state index is -0.442. The molecule has 2 N–H and O–H groups in total. The summed E-state index contributed by atoms with van der Waals surface area (Å²) in [5.41, 5.74) is 1.93. The van der Waals surface area contributed by atoms with Crippen LogP contribution in [0.5, 0.6) is 0 Å². The van der Waals surface area contributed by atoms with Gasteiger partial charge in [0, 0.05) is 30.9 Å². The van der Waals surface area contributed by atoms with Crippen molar-refractivity contribution in [2.24, 2.45) is 0 Å². The van der Waals surface area contributed by atoms with Gasteiger partial charge in [-0.3, -0.25) is 10.1 Å². The first-order valence-electron chi connectivity index (χ1n) is 5.64. The Morgan fingerprint density at radius 1 is 1.56 bits per heavy atom. The van der Waals surface area contributed by atoms with Crippen LogP contribution in [0.3, 0.4) is 0 Å². The van der Waals surface area contributed by atoms with Gasteiger partial charge in [-0.2, -0.15) is 0 Å². The molecule has 0 aliphatic heterocycles. The second kappa shape index (κ2) is 5.31. The highest BCUT2D eigenvalue weighted by Crippen LogP contribution is 2.17. The van der Waals surface area contributed by atoms with Crippen LogP contribution in [0.1, 0.15) is 11.3 Å². The molecule has 2 aromatic rings. The predicted molar refractivity (Wildman–Crippen MR) is 68.6 cm³/mol. The van der Waals surface area contributed by atoms with Gasteiger partial charge < -0.3 is 10.3 Å². The summed E-state index contributed by atoms with van der Waals surface area (Å²) in [6, 6.07) is 5.48. The zero-order valence-electron chi connectivity index (χ0n) is 10.0. The second-order valence-electron chi connectivity index (χ2n) is 3.99. The van der Waals surface area contributed by atoms with Crippen LogP contribution in [0.2, 0.25) is 0 Å². The van der Waals surface area contributed by atoms with Gasteiger partial charge in [-0.15, -0.1) is 0 Å². The molecule has 0 aliphatic carbocycles. The third-order valence-electron chi connectivity index (χ3n) is 2.62. The fourth-order valence-electron chi connectivity index (χ4n) is 1.68. The smallest absolute Gasteiger partial charge is 0.287 e. The summed E-state index contributed by atoms with van der Waals surface area (Å²) in [5.74, 6) is 0.687. The van der Waals surface area contributed by atoms with Crippen molar-refractivity contribution >= 4 is 11.5 Å². The van der Waals surface area contributed by atoms with E-state index in [-0.39, 0.29) is 5.69 Å². The SMILES string of the molecule is Cc1cc([N+](=O)[O-])cnc1NCCc1ccc[nH]1. The van der Waals surface area contributed by atoms with E-state index >= 15 is 0 Å². The minimum absolute atomic E-state index is 0.0161. The average molecular weight is 246 g/mol. The van der Waals surface area contributed by atoms with E-state index in [1.165, 1.54) is 12.3 Å². The summed E-state index contributed by atoms with van der Waals surface area (Å²) < 4.78 is 0. The Morgan fingerprint density at radius 3 is 3.00 bits per heavy atom. The van der Waals surface area contributed by atoms with E-state index in [9.17, 15) is 10.1 Å². The monoisotopic (exact) mass is 246 g/mol. The molecule has 0 bridgehead atoms. The largest absolute Gasteiger partial charge is 0.369 e. The summed E-state index contributed by atoms with van der Waals surface area (Å²) in [5, 5.41) is 13.7. The number of hydrogen-bond donors (Lipinski definition) is 2. The molecule has 0 radical (unpaired) electrons. The van der Waals surface area contributed by atoms with Crippen molar-refractivity contribution in [2.45, 2.75) is 13.3 Å². The number of anilines is 1. The Hall–Kier alpha value is -2.37. The van der Waals surface area contributed by atoms with Gasteiger partial charge in [-0.05, 0) is 24.6 Å². The maximum atomic E-state index is 10.6. The Labute approximate surface area is 104 Å². The molecule has 0 saturated heterocycles. The lowest BCUT2D eigenvalue weighted by molar-refractivity contribution is -0.385. The molecular weight excluding hydrogens is 232 g/mol. The standard InChI is InChI=1S/C12H14N4O2/c1-9-7-11(16(17)18)8-15-12(9)14-6-4-10-3-2-5-13-10/h2-3,5,7-8,13H,4,6H2,1H3,(H,14,15). The lowest BCUT2D eigenvalue weighted by Gasteiger charge is -2.07. The number of hydrogen-bond acceptors (Lipinski definition) is 4. The van der Waals surface area contributed by atoms with E-state index in [4.69, 9.17) is 0 Å². The van der Waals surface area contributed by atoms with Gasteiger partial charge in [0.05, 0.1) is 4.92 Å². The highest BCUT2D eigenvalue weighted by molar-refractivity contribution is 5.48. The average Bonchev–Trinajstić information content (AvgIpc) is 2.84. The molecule has 2 heterocycles. The molecule has 2 rings (SSSR count). The van der Waals surface area contributed by atoms with Gasteiger partial charge in [0.1, 0.15) is 12.0 Å². The van der Waals surface area contributed by atoms with Crippen molar-refractivity contribution in [3.63, 3.8) is 0 Å². The first kappa shape index (κ1) is 12.1. The molecule has 2 aromatic heterocycles. The Morgan fingerprint density at radius 2 is 2.39 bits per heavy atom. The van der Waals surface area contributed by atoms with E-state index in [1.807, 2.05) is 18.3 Å². The van der Waals surface area contributed by atoms with Crippen LogP contribution in [-0.2, 0) is 6.42 Å². The van der Waals surface area contributed by atoms with Gasteiger partial charge in [-0.25, -0.2) is 4.98 Å². The molecule has 94 valence electrons. The Kier molecular flexibility index (Phi) is 3.57. The van der Waals surface area contributed by atoms with E-state index in [0.717, 1.165) is 24.2 Å². The molecule has 0 saturated carbocycles. The highest BCUT2D eigenvalue weighted by atomic mass is 16.6. The Balaban J connectivity index is 1.95. The maximum Gasteiger partial charge on any atom is 0.287 e. The summed E-state index contributed by atoms with van der Waals surface area (Å²) in [6.07, 6.45) is 4.00. The summed E-state index contributed by atoms with van der Waals surface area (Å²) in [4.78, 5) is 17.3. The highest BCUT2D eigenvalue weighted by Gasteiger charge is 2.08. The van der Waals surface area contributed by atoms with Gasteiger partial charge in [0.2, 0.25) is 0 Å². The lowest BCUT2D eigenvalue weighted by Crippen LogP contribution is -2.08. The maximum absolute atomic E-state index is 10.6. The fourth-order valence-corrected chi connectivity index (χ4v) is 1.68. The van der Waals surface area contributed by atoms with Crippen molar-refractivity contribution in [3.05, 3.63) is 52.0 Å². The third-order valence-corrected chi connectivity index (χ3v) is 2.62. The first-order valence-corrected chi connectivity index (χ1v) is 5.64. The molecular formula is C12H14N4O2. The lowest BCUT2D eigenvalue weighted by atomic mass is 10.2. The third kappa shape index (κ3) is 2.85. The number of nitro groups is 1. The zero-order valence-corrected chi connectivity index (χ0v) is 10.0. The van der Waals surface area contributed by atoms with Crippen molar-refractivity contribution < 1.29 is 4.92 Å². The summed E-state index contributed by atoms with van der Waals surface area (Å²) in [7, 11) is 0. The number of aromatic nitrogens is 2. The molecule has 18 heavy (non-hydrogen) atoms. The van der Waals surface area contributed by atoms with Crippen molar-refractivity contribution in [3.8, 4) is 0 Å². The molecule has 6 heteroatoms. The zero-order chi connectivity index (χ0) is 13.0. The molecule has 0 aliphatic rings. The molecule has 0 aromatic carbocycles. The molecule has 0 atom stereocenters. The fraction of sp³-hybridized carbons (Fsp3) is 0.250. The van der Waals surface area contributed by atoms with Gasteiger partial charge in [0.25, 0.3) is 5.69 Å². The summed E-state index contributed by atoms with van der Waals surface area (Å²) in [6.45, 7) is 2.53. The number of aryl methyl sites for hydroxylation is 1. The predicted octanol–water partition coefficient (Wildman–Crippen LogP) is 2.28. The molecule has 0 spiro atoms. The van der Waals surface area contributed by atoms with Crippen LogP contribution in [0.15, 0.2) is 30.6 Å². The number of aromatic amines is 1. The normalized spacial score (nSPS) is 10.3. The van der Waals surface area contributed by atoms with E-state index in [0.29, 0.717) is 5.82 Å². The van der Waals surface area contributed by atoms with Crippen molar-refractivity contribution in [2.75, 3.05) is 11.9 Å². The minimum Gasteiger partial charge on any atom is -0.369 e. The number of rotatable bonds is 5. The van der Waals surface area contributed by atoms with Gasteiger partial charge >= 0.3 is 0 Å².